The molecule has 1 fully saturated rings. The molecule has 2 rings (SSSR count). The molecule has 1 aromatic rings. The Labute approximate surface area is 98.0 Å². The third kappa shape index (κ3) is 2.67. The molecule has 0 spiro atoms. The van der Waals surface area contributed by atoms with Crippen molar-refractivity contribution < 1.29 is 0 Å². The Hall–Kier alpha value is -1.22. The lowest BCUT2D eigenvalue weighted by molar-refractivity contribution is 0.414. The lowest BCUT2D eigenvalue weighted by Crippen LogP contribution is -2.23. The zero-order chi connectivity index (χ0) is 11.5. The van der Waals surface area contributed by atoms with Crippen molar-refractivity contribution in [1.82, 2.24) is 4.90 Å². The fourth-order valence-electron chi connectivity index (χ4n) is 2.16. The van der Waals surface area contributed by atoms with Crippen LogP contribution in [0, 0.1) is 0 Å². The fraction of sp³-hybridized carbons (Fsp3) is 0.538. The minimum Gasteiger partial charge on any atom is -0.381 e. The smallest absolute Gasteiger partial charge is 0.0400 e. The Balaban J connectivity index is 2.01. The molecular weight excluding hydrogens is 198 g/mol. The van der Waals surface area contributed by atoms with Crippen LogP contribution in [0.1, 0.15) is 6.42 Å². The summed E-state index contributed by atoms with van der Waals surface area (Å²) in [5.41, 5.74) is 2.47. The average molecular weight is 219 g/mol. The van der Waals surface area contributed by atoms with Crippen LogP contribution in [-0.4, -0.2) is 45.2 Å². The van der Waals surface area contributed by atoms with E-state index < -0.39 is 0 Å². The summed E-state index contributed by atoms with van der Waals surface area (Å²) in [5, 5.41) is 3.60. The molecule has 1 aliphatic heterocycles. The predicted octanol–water partition coefficient (Wildman–Crippen LogP) is 1.87. The fourth-order valence-corrected chi connectivity index (χ4v) is 2.16. The summed E-state index contributed by atoms with van der Waals surface area (Å²) in [4.78, 5) is 4.50. The summed E-state index contributed by atoms with van der Waals surface area (Å²) in [6.45, 7) is 2.34. The first-order valence-electron chi connectivity index (χ1n) is 5.87. The first-order chi connectivity index (χ1) is 7.65. The maximum absolute atomic E-state index is 3.60. The molecule has 16 heavy (non-hydrogen) atoms. The van der Waals surface area contributed by atoms with E-state index in [0.717, 1.165) is 6.54 Å². The van der Waals surface area contributed by atoms with Crippen molar-refractivity contribution in [2.45, 2.75) is 12.5 Å². The first kappa shape index (κ1) is 11.3. The third-order valence-electron chi connectivity index (χ3n) is 3.12. The minimum atomic E-state index is 0.599. The van der Waals surface area contributed by atoms with Crippen LogP contribution in [0.15, 0.2) is 24.3 Å². The molecule has 1 saturated heterocycles. The number of nitrogens with zero attached hydrogens (tertiary/aromatic N) is 2. The lowest BCUT2D eigenvalue weighted by atomic mass is 10.2. The maximum atomic E-state index is 3.60. The molecule has 0 bridgehead atoms. The van der Waals surface area contributed by atoms with E-state index in [-0.39, 0.29) is 0 Å². The minimum absolute atomic E-state index is 0.599. The third-order valence-corrected chi connectivity index (χ3v) is 3.12. The summed E-state index contributed by atoms with van der Waals surface area (Å²) in [7, 11) is 6.32. The van der Waals surface area contributed by atoms with Crippen molar-refractivity contribution in [3.8, 4) is 0 Å². The van der Waals surface area contributed by atoms with Crippen LogP contribution in [0.4, 0.5) is 11.4 Å². The number of benzene rings is 1. The Bertz CT molecular complexity index is 349. The second-order valence-electron chi connectivity index (χ2n) is 4.84. The molecule has 1 aliphatic rings. The van der Waals surface area contributed by atoms with E-state index in [1.807, 2.05) is 0 Å². The molecule has 0 aliphatic carbocycles. The molecule has 0 radical (unpaired) electrons. The van der Waals surface area contributed by atoms with Crippen LogP contribution < -0.4 is 10.2 Å². The van der Waals surface area contributed by atoms with Gasteiger partial charge < -0.3 is 15.1 Å². The van der Waals surface area contributed by atoms with Gasteiger partial charge in [-0.05, 0) is 38.2 Å². The van der Waals surface area contributed by atoms with Gasteiger partial charge in [0.2, 0.25) is 0 Å². The van der Waals surface area contributed by atoms with Gasteiger partial charge in [-0.15, -0.1) is 0 Å². The van der Waals surface area contributed by atoms with Crippen molar-refractivity contribution in [1.29, 1.82) is 0 Å². The average Bonchev–Trinajstić information content (AvgIpc) is 2.64. The highest BCUT2D eigenvalue weighted by atomic mass is 15.2. The van der Waals surface area contributed by atoms with Crippen molar-refractivity contribution >= 4 is 11.4 Å². The number of anilines is 2. The first-order valence-corrected chi connectivity index (χ1v) is 5.87. The number of likely N-dealkylation sites (N-methyl/N-ethyl adjacent to an activating group) is 1. The van der Waals surface area contributed by atoms with E-state index in [9.17, 15) is 0 Å². The van der Waals surface area contributed by atoms with Gasteiger partial charge in [-0.25, -0.2) is 0 Å². The number of likely N-dealkylation sites (tertiary alicyclic amines) is 1. The highest BCUT2D eigenvalue weighted by Crippen LogP contribution is 2.20. The lowest BCUT2D eigenvalue weighted by Gasteiger charge is -2.17. The molecule has 0 aromatic heterocycles. The number of rotatable bonds is 3. The summed E-state index contributed by atoms with van der Waals surface area (Å²) in [6, 6.07) is 9.19. The van der Waals surface area contributed by atoms with Gasteiger partial charge in [-0.2, -0.15) is 0 Å². The molecule has 1 unspecified atom stereocenters. The summed E-state index contributed by atoms with van der Waals surface area (Å²) in [6.07, 6.45) is 1.24. The van der Waals surface area contributed by atoms with Crippen molar-refractivity contribution in [2.24, 2.45) is 0 Å². The van der Waals surface area contributed by atoms with Gasteiger partial charge in [0.15, 0.2) is 0 Å². The van der Waals surface area contributed by atoms with Gasteiger partial charge in [-0.3, -0.25) is 0 Å². The molecule has 3 heteroatoms. The Morgan fingerprint density at radius 1 is 1.38 bits per heavy atom. The molecule has 0 saturated carbocycles. The van der Waals surface area contributed by atoms with Gasteiger partial charge in [0, 0.05) is 38.1 Å². The normalized spacial score (nSPS) is 21.1. The van der Waals surface area contributed by atoms with Crippen LogP contribution in [0.2, 0.25) is 0 Å². The van der Waals surface area contributed by atoms with E-state index >= 15 is 0 Å². The SMILES string of the molecule is CN1CCC(Nc2cccc(N(C)C)c2)C1. The largest absolute Gasteiger partial charge is 0.381 e. The summed E-state index contributed by atoms with van der Waals surface area (Å²) in [5.74, 6) is 0. The van der Waals surface area contributed by atoms with Gasteiger partial charge in [0.05, 0.1) is 0 Å². The quantitative estimate of drug-likeness (QED) is 0.837. The summed E-state index contributed by atoms with van der Waals surface area (Å²) < 4.78 is 0. The van der Waals surface area contributed by atoms with Crippen molar-refractivity contribution in [3.05, 3.63) is 24.3 Å². The predicted molar refractivity (Wildman–Crippen MR) is 70.3 cm³/mol. The topological polar surface area (TPSA) is 18.5 Å². The van der Waals surface area contributed by atoms with Gasteiger partial charge >= 0.3 is 0 Å². The number of hydrogen-bond donors (Lipinski definition) is 1. The van der Waals surface area contributed by atoms with Gasteiger partial charge in [0.25, 0.3) is 0 Å². The zero-order valence-corrected chi connectivity index (χ0v) is 10.4. The zero-order valence-electron chi connectivity index (χ0n) is 10.4. The van der Waals surface area contributed by atoms with Crippen LogP contribution in [-0.2, 0) is 0 Å². The van der Waals surface area contributed by atoms with E-state index in [1.165, 1.54) is 24.3 Å². The Morgan fingerprint density at radius 3 is 2.81 bits per heavy atom. The van der Waals surface area contributed by atoms with Crippen LogP contribution in [0.3, 0.4) is 0 Å². The number of nitrogens with one attached hydrogen (secondary N) is 1. The Morgan fingerprint density at radius 2 is 2.19 bits per heavy atom. The number of hydrogen-bond acceptors (Lipinski definition) is 3. The molecule has 3 nitrogen and oxygen atoms in total. The van der Waals surface area contributed by atoms with E-state index in [4.69, 9.17) is 0 Å². The molecule has 1 aromatic carbocycles. The standard InChI is InChI=1S/C13H21N3/c1-15(2)13-6-4-5-11(9-13)14-12-7-8-16(3)10-12/h4-6,9,12,14H,7-8,10H2,1-3H3. The molecule has 1 N–H and O–H groups in total. The molecular formula is C13H21N3. The second kappa shape index (κ2) is 4.74. The highest BCUT2D eigenvalue weighted by Gasteiger charge is 2.18. The maximum Gasteiger partial charge on any atom is 0.0400 e. The summed E-state index contributed by atoms with van der Waals surface area (Å²) >= 11 is 0. The van der Waals surface area contributed by atoms with E-state index in [2.05, 4.69) is 60.5 Å². The monoisotopic (exact) mass is 219 g/mol. The molecule has 1 atom stereocenters. The molecule has 88 valence electrons. The second-order valence-corrected chi connectivity index (χ2v) is 4.84. The molecule has 1 heterocycles. The van der Waals surface area contributed by atoms with Crippen molar-refractivity contribution in [3.63, 3.8) is 0 Å². The Kier molecular flexibility index (Phi) is 3.34. The van der Waals surface area contributed by atoms with Crippen LogP contribution in [0.25, 0.3) is 0 Å². The highest BCUT2D eigenvalue weighted by molar-refractivity contribution is 5.57. The van der Waals surface area contributed by atoms with Gasteiger partial charge in [0.1, 0.15) is 0 Å². The van der Waals surface area contributed by atoms with Gasteiger partial charge in [-0.1, -0.05) is 6.07 Å². The molecule has 0 amide bonds. The van der Waals surface area contributed by atoms with E-state index in [1.54, 1.807) is 0 Å². The van der Waals surface area contributed by atoms with E-state index in [0.29, 0.717) is 6.04 Å². The van der Waals surface area contributed by atoms with Crippen LogP contribution >= 0.6 is 0 Å². The van der Waals surface area contributed by atoms with Crippen LogP contribution in [0.5, 0.6) is 0 Å². The van der Waals surface area contributed by atoms with Crippen molar-refractivity contribution in [2.75, 3.05) is 44.4 Å².